The van der Waals surface area contributed by atoms with Gasteiger partial charge in [-0.1, -0.05) is 26.7 Å². The Morgan fingerprint density at radius 3 is 2.67 bits per heavy atom. The third kappa shape index (κ3) is 2.43. The average molecular weight is 245 g/mol. The van der Waals surface area contributed by atoms with E-state index in [4.69, 9.17) is 5.73 Å². The Bertz CT molecular complexity index is 462. The van der Waals surface area contributed by atoms with Crippen molar-refractivity contribution in [1.82, 2.24) is 0 Å². The molecule has 0 spiro atoms. The maximum Gasteiger partial charge on any atom is 0.166 e. The van der Waals surface area contributed by atoms with E-state index in [-0.39, 0.29) is 11.3 Å². The van der Waals surface area contributed by atoms with Crippen LogP contribution >= 0.6 is 0 Å². The first-order chi connectivity index (χ1) is 8.42. The molecule has 2 rings (SSSR count). The maximum absolute atomic E-state index is 12.6. The van der Waals surface area contributed by atoms with Gasteiger partial charge in [-0.15, -0.1) is 0 Å². The Balaban J connectivity index is 2.27. The van der Waals surface area contributed by atoms with Crippen LogP contribution in [0.5, 0.6) is 0 Å². The lowest BCUT2D eigenvalue weighted by Crippen LogP contribution is -2.34. The molecule has 1 atom stereocenters. The first-order valence-electron chi connectivity index (χ1n) is 6.82. The number of hydrogen-bond donors (Lipinski definition) is 1. The van der Waals surface area contributed by atoms with E-state index < -0.39 is 0 Å². The molecule has 1 aliphatic carbocycles. The number of rotatable bonds is 2. The summed E-state index contributed by atoms with van der Waals surface area (Å²) in [6.45, 7) is 6.40. The minimum absolute atomic E-state index is 0.130. The fourth-order valence-electron chi connectivity index (χ4n) is 3.01. The van der Waals surface area contributed by atoms with Crippen LogP contribution in [0.3, 0.4) is 0 Å². The van der Waals surface area contributed by atoms with Crippen LogP contribution in [0.25, 0.3) is 0 Å². The molecule has 1 aromatic rings. The van der Waals surface area contributed by atoms with Gasteiger partial charge in [0.05, 0.1) is 0 Å². The molecule has 1 aliphatic rings. The summed E-state index contributed by atoms with van der Waals surface area (Å²) < 4.78 is 0. The van der Waals surface area contributed by atoms with E-state index in [1.54, 1.807) is 0 Å². The molecule has 0 aromatic heterocycles. The van der Waals surface area contributed by atoms with Crippen LogP contribution in [0.2, 0.25) is 0 Å². The Kier molecular flexibility index (Phi) is 3.47. The van der Waals surface area contributed by atoms with Crippen LogP contribution < -0.4 is 5.73 Å². The van der Waals surface area contributed by atoms with Crippen molar-refractivity contribution < 1.29 is 4.79 Å². The van der Waals surface area contributed by atoms with Gasteiger partial charge in [0.15, 0.2) is 5.78 Å². The number of anilines is 1. The zero-order chi connectivity index (χ0) is 13.3. The van der Waals surface area contributed by atoms with Crippen LogP contribution in [-0.4, -0.2) is 5.78 Å². The zero-order valence-corrected chi connectivity index (χ0v) is 11.6. The van der Waals surface area contributed by atoms with Gasteiger partial charge in [-0.05, 0) is 48.9 Å². The summed E-state index contributed by atoms with van der Waals surface area (Å²) in [7, 11) is 0. The number of nitrogen functional groups attached to an aromatic ring is 1. The van der Waals surface area contributed by atoms with Crippen LogP contribution in [-0.2, 0) is 0 Å². The molecule has 2 nitrogen and oxygen atoms in total. The van der Waals surface area contributed by atoms with Crippen molar-refractivity contribution >= 4 is 11.5 Å². The average Bonchev–Trinajstić information content (AvgIpc) is 2.31. The Labute approximate surface area is 110 Å². The second-order valence-corrected chi connectivity index (χ2v) is 6.22. The molecule has 1 saturated carbocycles. The summed E-state index contributed by atoms with van der Waals surface area (Å²) >= 11 is 0. The van der Waals surface area contributed by atoms with Crippen molar-refractivity contribution in [2.24, 2.45) is 11.3 Å². The summed E-state index contributed by atoms with van der Waals surface area (Å²) in [5.41, 5.74) is 8.51. The number of benzene rings is 1. The van der Waals surface area contributed by atoms with E-state index in [1.807, 2.05) is 25.1 Å². The molecule has 98 valence electrons. The molecule has 1 aromatic carbocycles. The van der Waals surface area contributed by atoms with Crippen molar-refractivity contribution in [2.45, 2.75) is 46.5 Å². The van der Waals surface area contributed by atoms with Crippen molar-refractivity contribution in [3.8, 4) is 0 Å². The van der Waals surface area contributed by atoms with Gasteiger partial charge < -0.3 is 5.73 Å². The molecule has 0 heterocycles. The summed E-state index contributed by atoms with van der Waals surface area (Å²) in [4.78, 5) is 12.6. The predicted molar refractivity (Wildman–Crippen MR) is 75.7 cm³/mol. The number of ketones is 1. The third-order valence-corrected chi connectivity index (χ3v) is 4.38. The molecular formula is C16H23NO. The standard InChI is InChI=1S/C16H23NO/c1-11-10-12(7-8-14(11)17)15(18)13-6-4-5-9-16(13,2)3/h7-8,10,13H,4-6,9,17H2,1-3H3. The van der Waals surface area contributed by atoms with E-state index in [1.165, 1.54) is 12.8 Å². The number of carbonyl (C=O) groups is 1. The fourth-order valence-corrected chi connectivity index (χ4v) is 3.01. The van der Waals surface area contributed by atoms with Gasteiger partial charge in [0.2, 0.25) is 0 Å². The van der Waals surface area contributed by atoms with Gasteiger partial charge >= 0.3 is 0 Å². The number of nitrogens with two attached hydrogens (primary N) is 1. The smallest absolute Gasteiger partial charge is 0.166 e. The first-order valence-corrected chi connectivity index (χ1v) is 6.82. The summed E-state index contributed by atoms with van der Waals surface area (Å²) in [6.07, 6.45) is 4.60. The van der Waals surface area contributed by atoms with E-state index in [2.05, 4.69) is 13.8 Å². The predicted octanol–water partition coefficient (Wildman–Crippen LogP) is 3.98. The first kappa shape index (κ1) is 13.1. The van der Waals surface area contributed by atoms with Gasteiger partial charge in [0.1, 0.15) is 0 Å². The summed E-state index contributed by atoms with van der Waals surface area (Å²) in [6, 6.07) is 5.65. The molecular weight excluding hydrogens is 222 g/mol. The van der Waals surface area contributed by atoms with Gasteiger partial charge in [-0.2, -0.15) is 0 Å². The van der Waals surface area contributed by atoms with Crippen molar-refractivity contribution in [3.05, 3.63) is 29.3 Å². The van der Waals surface area contributed by atoms with Gasteiger partial charge in [0.25, 0.3) is 0 Å². The highest BCUT2D eigenvalue weighted by molar-refractivity contribution is 5.98. The van der Waals surface area contributed by atoms with Crippen LogP contribution in [0.15, 0.2) is 18.2 Å². The van der Waals surface area contributed by atoms with Gasteiger partial charge in [0, 0.05) is 17.2 Å². The summed E-state index contributed by atoms with van der Waals surface area (Å²) in [5, 5.41) is 0. The quantitative estimate of drug-likeness (QED) is 0.632. The molecule has 18 heavy (non-hydrogen) atoms. The number of Topliss-reactive ketones (excluding diaryl/α,β-unsaturated/α-hetero) is 1. The fraction of sp³-hybridized carbons (Fsp3) is 0.562. The molecule has 1 fully saturated rings. The van der Waals surface area contributed by atoms with Gasteiger partial charge in [-0.3, -0.25) is 4.79 Å². The van der Waals surface area contributed by atoms with Crippen molar-refractivity contribution in [1.29, 1.82) is 0 Å². The van der Waals surface area contributed by atoms with Crippen LogP contribution in [0, 0.1) is 18.3 Å². The monoisotopic (exact) mass is 245 g/mol. The van der Waals surface area contributed by atoms with Gasteiger partial charge in [-0.25, -0.2) is 0 Å². The highest BCUT2D eigenvalue weighted by Crippen LogP contribution is 2.42. The topological polar surface area (TPSA) is 43.1 Å². The molecule has 0 bridgehead atoms. The lowest BCUT2D eigenvalue weighted by molar-refractivity contribution is 0.0697. The molecule has 0 radical (unpaired) electrons. The minimum atomic E-state index is 0.130. The van der Waals surface area contributed by atoms with E-state index in [0.717, 1.165) is 29.7 Å². The number of hydrogen-bond acceptors (Lipinski definition) is 2. The highest BCUT2D eigenvalue weighted by atomic mass is 16.1. The largest absolute Gasteiger partial charge is 0.399 e. The lowest BCUT2D eigenvalue weighted by Gasteiger charge is -2.37. The zero-order valence-electron chi connectivity index (χ0n) is 11.6. The molecule has 0 aliphatic heterocycles. The Morgan fingerprint density at radius 1 is 1.33 bits per heavy atom. The lowest BCUT2D eigenvalue weighted by atomic mass is 9.66. The van der Waals surface area contributed by atoms with E-state index in [0.29, 0.717) is 5.78 Å². The molecule has 1 unspecified atom stereocenters. The maximum atomic E-state index is 12.6. The second-order valence-electron chi connectivity index (χ2n) is 6.22. The number of carbonyl (C=O) groups excluding carboxylic acids is 1. The number of aryl methyl sites for hydroxylation is 1. The SMILES string of the molecule is Cc1cc(C(=O)C2CCCCC2(C)C)ccc1N. The molecule has 2 N–H and O–H groups in total. The highest BCUT2D eigenvalue weighted by Gasteiger charge is 2.37. The third-order valence-electron chi connectivity index (χ3n) is 4.38. The van der Waals surface area contributed by atoms with E-state index in [9.17, 15) is 4.79 Å². The molecule has 0 saturated heterocycles. The summed E-state index contributed by atoms with van der Waals surface area (Å²) in [5.74, 6) is 0.456. The van der Waals surface area contributed by atoms with E-state index >= 15 is 0 Å². The van der Waals surface area contributed by atoms with Crippen molar-refractivity contribution in [2.75, 3.05) is 5.73 Å². The normalized spacial score (nSPS) is 22.7. The van der Waals surface area contributed by atoms with Crippen molar-refractivity contribution in [3.63, 3.8) is 0 Å². The van der Waals surface area contributed by atoms with Crippen LogP contribution in [0.1, 0.15) is 55.5 Å². The van der Waals surface area contributed by atoms with Crippen LogP contribution in [0.4, 0.5) is 5.69 Å². The molecule has 0 amide bonds. The Hall–Kier alpha value is -1.31. The Morgan fingerprint density at radius 2 is 2.06 bits per heavy atom. The minimum Gasteiger partial charge on any atom is -0.399 e. The molecule has 2 heteroatoms. The second kappa shape index (κ2) is 4.75.